The first-order chi connectivity index (χ1) is 17.9. The Morgan fingerprint density at radius 1 is 1.11 bits per heavy atom. The van der Waals surface area contributed by atoms with E-state index in [0.29, 0.717) is 35.9 Å². The molecule has 2 aliphatic heterocycles. The number of allylic oxidation sites excluding steroid dienone is 1. The number of carboxylic acids is 1. The van der Waals surface area contributed by atoms with Crippen LogP contribution in [-0.4, -0.2) is 45.7 Å². The Balaban J connectivity index is 1.31. The second kappa shape index (κ2) is 10.9. The van der Waals surface area contributed by atoms with E-state index in [1.54, 1.807) is 12.3 Å². The first kappa shape index (κ1) is 25.2. The number of benzene rings is 2. The molecule has 1 fully saturated rings. The van der Waals surface area contributed by atoms with Crippen molar-refractivity contribution in [1.82, 2.24) is 9.88 Å². The molecule has 37 heavy (non-hydrogen) atoms. The van der Waals surface area contributed by atoms with Crippen LogP contribution >= 0.6 is 11.6 Å². The van der Waals surface area contributed by atoms with Gasteiger partial charge in [-0.25, -0.2) is 9.78 Å². The molecule has 0 unspecified atom stereocenters. The molecule has 0 amide bonds. The van der Waals surface area contributed by atoms with Crippen molar-refractivity contribution in [2.24, 2.45) is 0 Å². The molecule has 1 saturated heterocycles. The zero-order valence-corrected chi connectivity index (χ0v) is 21.2. The van der Waals surface area contributed by atoms with E-state index in [0.717, 1.165) is 60.0 Å². The van der Waals surface area contributed by atoms with Crippen LogP contribution in [0.4, 0.5) is 0 Å². The maximum atomic E-state index is 11.2. The SMILES string of the molecule is O=C(O)C=Cc1cccc2c1CC(=CCCN1CCC(O)(c3ccc(Cl)cc3)CC1)c1cccnc1O2. The summed E-state index contributed by atoms with van der Waals surface area (Å²) in [6.07, 6.45) is 9.52. The van der Waals surface area contributed by atoms with Crippen molar-refractivity contribution in [3.8, 4) is 11.6 Å². The highest BCUT2D eigenvalue weighted by Crippen LogP contribution is 2.39. The highest BCUT2D eigenvalue weighted by Gasteiger charge is 2.33. The summed E-state index contributed by atoms with van der Waals surface area (Å²) in [5, 5.41) is 21.0. The quantitative estimate of drug-likeness (QED) is 0.395. The zero-order chi connectivity index (χ0) is 25.8. The lowest BCUT2D eigenvalue weighted by molar-refractivity contribution is -0.131. The van der Waals surface area contributed by atoms with Gasteiger partial charge in [-0.2, -0.15) is 0 Å². The van der Waals surface area contributed by atoms with Crippen LogP contribution in [0.3, 0.4) is 0 Å². The fraction of sp³-hybridized carbons (Fsp3) is 0.267. The number of hydrogen-bond donors (Lipinski definition) is 2. The molecule has 0 atom stereocenters. The standard InChI is InChI=1S/C30H29ClN2O4/c31-24-11-9-23(10-12-24)30(36)14-18-33(19-15-30)17-3-5-22-20-26-21(8-13-28(34)35)4-1-7-27(26)37-29-25(22)6-2-16-32-29/h1-2,4-13,16,36H,3,14-15,17-20H2,(H,34,35). The van der Waals surface area contributed by atoms with Crippen molar-refractivity contribution >= 4 is 29.2 Å². The third-order valence-electron chi connectivity index (χ3n) is 7.17. The number of fused-ring (bicyclic) bond motifs is 2. The third-order valence-corrected chi connectivity index (χ3v) is 7.42. The lowest BCUT2D eigenvalue weighted by atomic mass is 9.84. The van der Waals surface area contributed by atoms with Gasteiger partial charge in [-0.15, -0.1) is 0 Å². The molecule has 0 saturated carbocycles. The number of hydrogen-bond acceptors (Lipinski definition) is 5. The average Bonchev–Trinajstić information content (AvgIpc) is 3.06. The van der Waals surface area contributed by atoms with Crippen LogP contribution in [0.1, 0.15) is 41.5 Å². The fourth-order valence-electron chi connectivity index (χ4n) is 5.09. The molecule has 2 N–H and O–H groups in total. The van der Waals surface area contributed by atoms with E-state index in [1.807, 2.05) is 54.6 Å². The predicted molar refractivity (Wildman–Crippen MR) is 145 cm³/mol. The Morgan fingerprint density at radius 3 is 2.65 bits per heavy atom. The number of halogens is 1. The van der Waals surface area contributed by atoms with Crippen LogP contribution in [0.25, 0.3) is 11.6 Å². The van der Waals surface area contributed by atoms with Gasteiger partial charge in [0.15, 0.2) is 0 Å². The minimum atomic E-state index is -0.989. The van der Waals surface area contributed by atoms with Crippen LogP contribution in [0.15, 0.2) is 72.9 Å². The number of rotatable bonds is 6. The molecule has 5 rings (SSSR count). The Morgan fingerprint density at radius 2 is 1.89 bits per heavy atom. The van der Waals surface area contributed by atoms with Gasteiger partial charge in [0.25, 0.3) is 0 Å². The third kappa shape index (κ3) is 5.77. The summed E-state index contributed by atoms with van der Waals surface area (Å²) in [5.74, 6) is 0.253. The lowest BCUT2D eigenvalue weighted by Gasteiger charge is -2.38. The molecule has 1 aromatic heterocycles. The molecule has 3 aromatic rings. The summed E-state index contributed by atoms with van der Waals surface area (Å²) in [7, 11) is 0. The molecule has 6 nitrogen and oxygen atoms in total. The van der Waals surface area contributed by atoms with Gasteiger partial charge in [-0.05, 0) is 72.4 Å². The van der Waals surface area contributed by atoms with Gasteiger partial charge in [0, 0.05) is 54.5 Å². The number of ether oxygens (including phenoxy) is 1. The normalized spacial score (nSPS) is 18.2. The van der Waals surface area contributed by atoms with E-state index in [-0.39, 0.29) is 0 Å². The topological polar surface area (TPSA) is 82.9 Å². The molecule has 190 valence electrons. The summed E-state index contributed by atoms with van der Waals surface area (Å²) >= 11 is 6.01. The van der Waals surface area contributed by atoms with Gasteiger partial charge in [-0.1, -0.05) is 41.9 Å². The van der Waals surface area contributed by atoms with Crippen LogP contribution in [0.5, 0.6) is 11.6 Å². The number of aromatic nitrogens is 1. The largest absolute Gasteiger partial charge is 0.478 e. The molecule has 0 spiro atoms. The minimum absolute atomic E-state index is 0.554. The Bertz CT molecular complexity index is 1340. The second-order valence-corrected chi connectivity index (χ2v) is 9.97. The van der Waals surface area contributed by atoms with Gasteiger partial charge >= 0.3 is 5.97 Å². The maximum absolute atomic E-state index is 11.2. The van der Waals surface area contributed by atoms with Crippen LogP contribution < -0.4 is 4.74 Å². The van der Waals surface area contributed by atoms with Crippen molar-refractivity contribution in [3.63, 3.8) is 0 Å². The Hall–Kier alpha value is -3.45. The Labute approximate surface area is 221 Å². The van der Waals surface area contributed by atoms with Gasteiger partial charge in [0.05, 0.1) is 5.60 Å². The first-order valence-electron chi connectivity index (χ1n) is 12.5. The van der Waals surface area contributed by atoms with Crippen molar-refractivity contribution in [2.75, 3.05) is 19.6 Å². The molecule has 3 heterocycles. The first-order valence-corrected chi connectivity index (χ1v) is 12.8. The van der Waals surface area contributed by atoms with E-state index in [1.165, 1.54) is 0 Å². The molecular formula is C30H29ClN2O4. The summed E-state index contributed by atoms with van der Waals surface area (Å²) in [6, 6.07) is 17.1. The smallest absolute Gasteiger partial charge is 0.328 e. The van der Waals surface area contributed by atoms with Crippen molar-refractivity contribution in [3.05, 3.63) is 100 Å². The summed E-state index contributed by atoms with van der Waals surface area (Å²) in [5.41, 5.74) is 3.92. The molecule has 0 aliphatic carbocycles. The number of pyridine rings is 1. The van der Waals surface area contributed by atoms with E-state index < -0.39 is 11.6 Å². The van der Waals surface area contributed by atoms with Crippen LogP contribution in [0.2, 0.25) is 5.02 Å². The van der Waals surface area contributed by atoms with E-state index in [2.05, 4.69) is 16.0 Å². The maximum Gasteiger partial charge on any atom is 0.328 e. The highest BCUT2D eigenvalue weighted by atomic mass is 35.5. The molecule has 2 aromatic carbocycles. The number of piperidine rings is 1. The number of likely N-dealkylation sites (tertiary alicyclic amines) is 1. The monoisotopic (exact) mass is 516 g/mol. The molecule has 0 bridgehead atoms. The number of carboxylic acid groups (broad SMARTS) is 1. The Kier molecular flexibility index (Phi) is 7.42. The van der Waals surface area contributed by atoms with E-state index in [9.17, 15) is 9.90 Å². The van der Waals surface area contributed by atoms with E-state index in [4.69, 9.17) is 21.4 Å². The minimum Gasteiger partial charge on any atom is -0.478 e. The summed E-state index contributed by atoms with van der Waals surface area (Å²) < 4.78 is 6.17. The lowest BCUT2D eigenvalue weighted by Crippen LogP contribution is -2.42. The van der Waals surface area contributed by atoms with Crippen molar-refractivity contribution in [2.45, 2.75) is 31.3 Å². The fourth-order valence-corrected chi connectivity index (χ4v) is 5.22. The molecule has 7 heteroatoms. The second-order valence-electron chi connectivity index (χ2n) is 9.53. The number of carbonyl (C=O) groups is 1. The van der Waals surface area contributed by atoms with Gasteiger partial charge in [0.2, 0.25) is 5.88 Å². The highest BCUT2D eigenvalue weighted by molar-refractivity contribution is 6.30. The van der Waals surface area contributed by atoms with Crippen molar-refractivity contribution < 1.29 is 19.7 Å². The average molecular weight is 517 g/mol. The molecule has 2 aliphatic rings. The van der Waals surface area contributed by atoms with E-state index >= 15 is 0 Å². The number of nitrogens with zero attached hydrogens (tertiary/aromatic N) is 2. The number of aliphatic carboxylic acids is 1. The van der Waals surface area contributed by atoms with Gasteiger partial charge < -0.3 is 19.8 Å². The van der Waals surface area contributed by atoms with Gasteiger partial charge in [0.1, 0.15) is 5.75 Å². The summed E-state index contributed by atoms with van der Waals surface area (Å²) in [6.45, 7) is 2.51. The predicted octanol–water partition coefficient (Wildman–Crippen LogP) is 5.94. The van der Waals surface area contributed by atoms with Crippen LogP contribution in [0, 0.1) is 0 Å². The molecule has 0 radical (unpaired) electrons. The summed E-state index contributed by atoms with van der Waals surface area (Å²) in [4.78, 5) is 18.0. The zero-order valence-electron chi connectivity index (χ0n) is 20.4. The number of aliphatic hydroxyl groups is 1. The van der Waals surface area contributed by atoms with Gasteiger partial charge in [-0.3, -0.25) is 0 Å². The van der Waals surface area contributed by atoms with Crippen LogP contribution in [-0.2, 0) is 16.8 Å². The van der Waals surface area contributed by atoms with Crippen molar-refractivity contribution in [1.29, 1.82) is 0 Å². The molecular weight excluding hydrogens is 488 g/mol.